The normalized spacial score (nSPS) is 30.0. The van der Waals surface area contributed by atoms with E-state index in [2.05, 4.69) is 5.92 Å². The van der Waals surface area contributed by atoms with Crippen LogP contribution in [0.15, 0.2) is 0 Å². The average molecular weight is 344 g/mol. The minimum Gasteiger partial charge on any atom is -0.456 e. The molecule has 1 rings (SSSR count). The van der Waals surface area contributed by atoms with Gasteiger partial charge in [-0.2, -0.15) is 0 Å². The van der Waals surface area contributed by atoms with E-state index in [1.165, 1.54) is 32.5 Å². The van der Waals surface area contributed by atoms with Crippen molar-refractivity contribution in [2.24, 2.45) is 0 Å². The highest BCUT2D eigenvalue weighted by Gasteiger charge is 2.50. The smallest absolute Gasteiger partial charge is 0.303 e. The number of carbonyl (C=O) groups excluding carboxylic acids is 3. The van der Waals surface area contributed by atoms with Gasteiger partial charge in [-0.05, 0) is 6.92 Å². The van der Waals surface area contributed by atoms with E-state index in [1.807, 2.05) is 0 Å². The van der Waals surface area contributed by atoms with Gasteiger partial charge < -0.3 is 18.9 Å². The molecule has 0 radical (unpaired) electrons. The fraction of sp³-hybridized carbons (Fsp3) is 0.667. The molecule has 1 aliphatic rings. The lowest BCUT2D eigenvalue weighted by atomic mass is 10.00. The summed E-state index contributed by atoms with van der Waals surface area (Å²) in [5.74, 6) is 1.06. The zero-order valence-corrected chi connectivity index (χ0v) is 14.3. The van der Waals surface area contributed by atoms with E-state index >= 15 is 0 Å². The Morgan fingerprint density at radius 3 is 1.96 bits per heavy atom. The molecule has 0 bridgehead atoms. The predicted molar refractivity (Wildman–Crippen MR) is 82.3 cm³/mol. The molecule has 0 saturated carbocycles. The van der Waals surface area contributed by atoms with Crippen LogP contribution in [0.3, 0.4) is 0 Å². The number of terminal acetylenes is 1. The highest BCUT2D eigenvalue weighted by atomic mass is 32.2. The number of hydrogen-bond donors (Lipinski definition) is 0. The second-order valence-corrected chi connectivity index (χ2v) is 6.03. The molecular formula is C15H20O7S. The quantitative estimate of drug-likeness (QED) is 0.413. The molecule has 0 spiro atoms. The first-order valence-electron chi connectivity index (χ1n) is 6.98. The molecule has 1 aliphatic heterocycles. The lowest BCUT2D eigenvalue weighted by Gasteiger charge is -2.43. The van der Waals surface area contributed by atoms with Gasteiger partial charge in [0, 0.05) is 20.8 Å². The number of carbonyl (C=O) groups is 3. The fourth-order valence-electron chi connectivity index (χ4n) is 2.23. The van der Waals surface area contributed by atoms with Crippen LogP contribution in [0.2, 0.25) is 0 Å². The largest absolute Gasteiger partial charge is 0.456 e. The van der Waals surface area contributed by atoms with Crippen molar-refractivity contribution in [3.8, 4) is 12.3 Å². The van der Waals surface area contributed by atoms with Crippen molar-refractivity contribution in [3.63, 3.8) is 0 Å². The summed E-state index contributed by atoms with van der Waals surface area (Å²) in [5, 5.41) is 0. The summed E-state index contributed by atoms with van der Waals surface area (Å²) >= 11 is 1.24. The molecule has 0 N–H and O–H groups in total. The van der Waals surface area contributed by atoms with Gasteiger partial charge in [0.15, 0.2) is 18.3 Å². The second-order valence-electron chi connectivity index (χ2n) is 4.95. The molecule has 1 saturated heterocycles. The van der Waals surface area contributed by atoms with Crippen LogP contribution in [-0.4, -0.2) is 53.5 Å². The number of ether oxygens (including phenoxy) is 4. The van der Waals surface area contributed by atoms with Crippen LogP contribution in [0.5, 0.6) is 0 Å². The van der Waals surface area contributed by atoms with Crippen molar-refractivity contribution in [1.29, 1.82) is 0 Å². The summed E-state index contributed by atoms with van der Waals surface area (Å²) in [6.45, 7) is 5.36. The molecule has 0 aliphatic carbocycles. The second kappa shape index (κ2) is 8.79. The van der Waals surface area contributed by atoms with Gasteiger partial charge in [0.1, 0.15) is 5.44 Å². The maximum absolute atomic E-state index is 11.4. The first kappa shape index (κ1) is 19.3. The molecule has 0 aromatic heterocycles. The summed E-state index contributed by atoms with van der Waals surface area (Å²) in [5.41, 5.74) is -0.638. The number of esters is 3. The molecule has 8 heteroatoms. The van der Waals surface area contributed by atoms with Gasteiger partial charge in [0.25, 0.3) is 0 Å². The van der Waals surface area contributed by atoms with E-state index in [9.17, 15) is 14.4 Å². The monoisotopic (exact) mass is 344 g/mol. The topological polar surface area (TPSA) is 88.1 Å². The molecule has 1 fully saturated rings. The van der Waals surface area contributed by atoms with Crippen molar-refractivity contribution >= 4 is 29.7 Å². The molecule has 1 heterocycles. The Morgan fingerprint density at radius 2 is 1.48 bits per heavy atom. The van der Waals surface area contributed by atoms with E-state index < -0.39 is 47.8 Å². The predicted octanol–water partition coefficient (Wildman–Crippen LogP) is 0.893. The third-order valence-electron chi connectivity index (χ3n) is 2.96. The minimum absolute atomic E-state index is 0.320. The third-order valence-corrected chi connectivity index (χ3v) is 4.01. The Balaban J connectivity index is 3.11. The van der Waals surface area contributed by atoms with E-state index in [1.54, 1.807) is 6.92 Å². The lowest BCUT2D eigenvalue weighted by Crippen LogP contribution is -2.59. The summed E-state index contributed by atoms with van der Waals surface area (Å²) in [7, 11) is 0. The minimum atomic E-state index is -0.973. The van der Waals surface area contributed by atoms with Crippen molar-refractivity contribution in [2.75, 3.05) is 5.75 Å². The molecule has 7 nitrogen and oxygen atoms in total. The highest BCUT2D eigenvalue weighted by Crippen LogP contribution is 2.33. The summed E-state index contributed by atoms with van der Waals surface area (Å²) in [6.07, 6.45) is 1.89. The standard InChI is InChI=1S/C15H20O7S/c1-6-7-23-15-14(22-11(5)18)13(21-10(4)17)12(8(2)19-15)20-9(3)16/h1,8,12-15H,7H2,2-5H3/t8-,12+,13+,14-,15+/m0/s1. The van der Waals surface area contributed by atoms with Gasteiger partial charge in [0.05, 0.1) is 11.9 Å². The maximum Gasteiger partial charge on any atom is 0.303 e. The van der Waals surface area contributed by atoms with Crippen molar-refractivity contribution in [2.45, 2.75) is 57.5 Å². The number of hydrogen-bond acceptors (Lipinski definition) is 8. The Bertz CT molecular complexity index is 499. The molecule has 0 aromatic carbocycles. The molecule has 0 amide bonds. The molecular weight excluding hydrogens is 324 g/mol. The van der Waals surface area contributed by atoms with Crippen molar-refractivity contribution in [1.82, 2.24) is 0 Å². The first-order chi connectivity index (χ1) is 10.8. The van der Waals surface area contributed by atoms with Gasteiger partial charge >= 0.3 is 17.9 Å². The Hall–Kier alpha value is -1.72. The molecule has 5 atom stereocenters. The summed E-state index contributed by atoms with van der Waals surface area (Å²) in [6, 6.07) is 0. The Kier molecular flexibility index (Phi) is 7.39. The van der Waals surface area contributed by atoms with Gasteiger partial charge in [0.2, 0.25) is 0 Å². The Labute approximate surface area is 139 Å². The van der Waals surface area contributed by atoms with Gasteiger partial charge in [-0.3, -0.25) is 14.4 Å². The van der Waals surface area contributed by atoms with Crippen LogP contribution < -0.4 is 0 Å². The zero-order valence-electron chi connectivity index (χ0n) is 13.4. The molecule has 128 valence electrons. The van der Waals surface area contributed by atoms with Crippen LogP contribution in [0.25, 0.3) is 0 Å². The fourth-order valence-corrected chi connectivity index (χ4v) is 3.15. The summed E-state index contributed by atoms with van der Waals surface area (Å²) < 4.78 is 21.5. The van der Waals surface area contributed by atoms with Crippen LogP contribution in [0.1, 0.15) is 27.7 Å². The number of rotatable bonds is 5. The van der Waals surface area contributed by atoms with Crippen molar-refractivity contribution < 1.29 is 33.3 Å². The molecule has 23 heavy (non-hydrogen) atoms. The molecule has 0 aromatic rings. The van der Waals surface area contributed by atoms with E-state index in [0.717, 1.165) is 0 Å². The summed E-state index contributed by atoms with van der Waals surface area (Å²) in [4.78, 5) is 34.1. The lowest BCUT2D eigenvalue weighted by molar-refractivity contribution is -0.228. The van der Waals surface area contributed by atoms with Crippen LogP contribution in [0.4, 0.5) is 0 Å². The van der Waals surface area contributed by atoms with Gasteiger partial charge in [-0.25, -0.2) is 0 Å². The molecule has 0 unspecified atom stereocenters. The van der Waals surface area contributed by atoms with Crippen LogP contribution in [0, 0.1) is 12.3 Å². The van der Waals surface area contributed by atoms with Crippen LogP contribution >= 0.6 is 11.8 Å². The zero-order chi connectivity index (χ0) is 17.6. The van der Waals surface area contributed by atoms with Crippen molar-refractivity contribution in [3.05, 3.63) is 0 Å². The van der Waals surface area contributed by atoms with E-state index in [4.69, 9.17) is 25.4 Å². The van der Waals surface area contributed by atoms with E-state index in [-0.39, 0.29) is 0 Å². The maximum atomic E-state index is 11.4. The third kappa shape index (κ3) is 5.77. The average Bonchev–Trinajstić information content (AvgIpc) is 2.42. The number of thioether (sulfide) groups is 1. The van der Waals surface area contributed by atoms with Gasteiger partial charge in [-0.1, -0.05) is 5.92 Å². The first-order valence-corrected chi connectivity index (χ1v) is 8.03. The SMILES string of the molecule is C#CCS[C@H]1O[C@@H](C)[C@@H](OC(C)=O)[C@@H](OC(C)=O)[C@@H]1OC(C)=O. The Morgan fingerprint density at radius 1 is 1.00 bits per heavy atom. The van der Waals surface area contributed by atoms with E-state index in [0.29, 0.717) is 5.75 Å². The van der Waals surface area contributed by atoms with Crippen LogP contribution in [-0.2, 0) is 33.3 Å². The van der Waals surface area contributed by atoms with Gasteiger partial charge in [-0.15, -0.1) is 18.2 Å². The highest BCUT2D eigenvalue weighted by molar-refractivity contribution is 8.00.